The molecule has 1 aliphatic rings. The summed E-state index contributed by atoms with van der Waals surface area (Å²) >= 11 is 0. The third kappa shape index (κ3) is 1.84. The summed E-state index contributed by atoms with van der Waals surface area (Å²) in [4.78, 5) is 11.5. The van der Waals surface area contributed by atoms with Gasteiger partial charge in [0.05, 0.1) is 13.6 Å². The van der Waals surface area contributed by atoms with E-state index in [-0.39, 0.29) is 17.6 Å². The smallest absolute Gasteiger partial charge is 0.310 e. The summed E-state index contributed by atoms with van der Waals surface area (Å²) in [6, 6.07) is 10.0. The van der Waals surface area contributed by atoms with Crippen LogP contribution in [0.1, 0.15) is 11.7 Å². The molecule has 1 fully saturated rings. The van der Waals surface area contributed by atoms with Crippen LogP contribution in [0, 0.1) is 0 Å². The number of rotatable bonds is 2. The summed E-state index contributed by atoms with van der Waals surface area (Å²) in [6.07, 6.45) is 0.00497. The largest absolute Gasteiger partial charge is 0.457 e. The first-order valence-electron chi connectivity index (χ1n) is 5.25. The van der Waals surface area contributed by atoms with Crippen LogP contribution in [-0.4, -0.2) is 14.0 Å². The van der Waals surface area contributed by atoms with Crippen LogP contribution in [0.4, 0.5) is 0 Å². The molecule has 1 aromatic rings. The Kier molecular flexibility index (Phi) is 2.42. The van der Waals surface area contributed by atoms with Crippen molar-refractivity contribution >= 4 is 14.0 Å². The van der Waals surface area contributed by atoms with Crippen molar-refractivity contribution in [1.29, 1.82) is 0 Å². The summed E-state index contributed by atoms with van der Waals surface area (Å²) in [6.45, 7) is 6.65. The molecule has 2 unspecified atom stereocenters. The third-order valence-electron chi connectivity index (χ3n) is 2.86. The zero-order valence-electron chi connectivity index (χ0n) is 9.36. The van der Waals surface area contributed by atoms with Crippen LogP contribution in [0.25, 0.3) is 0 Å². The van der Waals surface area contributed by atoms with Crippen molar-refractivity contribution < 1.29 is 9.53 Å². The average Bonchev–Trinajstić information content (AvgIpc) is 2.12. The summed E-state index contributed by atoms with van der Waals surface area (Å²) in [7, 11) is -1.46. The number of carbonyl (C=O) groups is 1. The van der Waals surface area contributed by atoms with E-state index < -0.39 is 8.07 Å². The molecule has 0 bridgehead atoms. The number of esters is 1. The second-order valence-corrected chi connectivity index (χ2v) is 10.5. The molecule has 1 aliphatic heterocycles. The molecular formula is C12H16O2Si. The first-order valence-corrected chi connectivity index (χ1v) is 8.83. The Labute approximate surface area is 91.3 Å². The maximum atomic E-state index is 11.5. The lowest BCUT2D eigenvalue weighted by molar-refractivity contribution is -0.170. The van der Waals surface area contributed by atoms with Gasteiger partial charge in [0.15, 0.2) is 0 Å². The molecule has 80 valence electrons. The highest BCUT2D eigenvalue weighted by Crippen LogP contribution is 2.47. The predicted molar refractivity (Wildman–Crippen MR) is 62.4 cm³/mol. The minimum Gasteiger partial charge on any atom is -0.457 e. The molecule has 2 rings (SSSR count). The number of carbonyl (C=O) groups excluding carboxylic acids is 1. The zero-order chi connectivity index (χ0) is 11.1. The summed E-state index contributed by atoms with van der Waals surface area (Å²) in [5.74, 6) is -0.0111. The molecule has 0 aliphatic carbocycles. The van der Waals surface area contributed by atoms with E-state index in [2.05, 4.69) is 19.6 Å². The van der Waals surface area contributed by atoms with Gasteiger partial charge in [0.1, 0.15) is 6.10 Å². The summed E-state index contributed by atoms with van der Waals surface area (Å²) in [5.41, 5.74) is 1.25. The molecule has 1 aromatic carbocycles. The van der Waals surface area contributed by atoms with Crippen LogP contribution in [-0.2, 0) is 9.53 Å². The number of benzene rings is 1. The van der Waals surface area contributed by atoms with Crippen LogP contribution in [0.3, 0.4) is 0 Å². The predicted octanol–water partition coefficient (Wildman–Crippen LogP) is 2.99. The van der Waals surface area contributed by atoms with Gasteiger partial charge in [-0.15, -0.1) is 0 Å². The van der Waals surface area contributed by atoms with E-state index in [0.29, 0.717) is 0 Å². The van der Waals surface area contributed by atoms with Gasteiger partial charge in [-0.2, -0.15) is 0 Å². The Morgan fingerprint density at radius 2 is 1.73 bits per heavy atom. The Balaban J connectivity index is 2.23. The van der Waals surface area contributed by atoms with Crippen LogP contribution in [0.2, 0.25) is 25.2 Å². The van der Waals surface area contributed by atoms with Gasteiger partial charge in [0.25, 0.3) is 0 Å². The first-order chi connectivity index (χ1) is 7.00. The van der Waals surface area contributed by atoms with E-state index in [0.717, 1.165) is 5.56 Å². The molecule has 1 saturated heterocycles. The van der Waals surface area contributed by atoms with Gasteiger partial charge in [-0.3, -0.25) is 4.79 Å². The molecule has 0 N–H and O–H groups in total. The van der Waals surface area contributed by atoms with Crippen LogP contribution < -0.4 is 0 Å². The lowest BCUT2D eigenvalue weighted by atomic mass is 10.0. The van der Waals surface area contributed by atoms with Gasteiger partial charge < -0.3 is 4.74 Å². The van der Waals surface area contributed by atoms with Crippen LogP contribution in [0.5, 0.6) is 0 Å². The molecule has 15 heavy (non-hydrogen) atoms. The molecule has 2 nitrogen and oxygen atoms in total. The standard InChI is InChI=1S/C12H16O2Si/c1-15(2,3)11-10(14-12(11)13)9-7-5-4-6-8-9/h4-8,10-11H,1-3H3. The van der Waals surface area contributed by atoms with Crippen LogP contribution in [0.15, 0.2) is 30.3 Å². The first kappa shape index (κ1) is 10.4. The molecule has 0 saturated carbocycles. The van der Waals surface area contributed by atoms with Crippen molar-refractivity contribution in [2.75, 3.05) is 0 Å². The highest BCUT2D eigenvalue weighted by Gasteiger charge is 2.50. The van der Waals surface area contributed by atoms with Gasteiger partial charge in [0, 0.05) is 0 Å². The normalized spacial score (nSPS) is 25.7. The van der Waals surface area contributed by atoms with E-state index in [1.807, 2.05) is 30.3 Å². The highest BCUT2D eigenvalue weighted by atomic mass is 28.3. The fourth-order valence-corrected chi connectivity index (χ4v) is 3.97. The molecular weight excluding hydrogens is 204 g/mol. The second-order valence-electron chi connectivity index (χ2n) is 5.11. The monoisotopic (exact) mass is 220 g/mol. The minimum atomic E-state index is -1.46. The summed E-state index contributed by atoms with van der Waals surface area (Å²) < 4.78 is 5.26. The Morgan fingerprint density at radius 1 is 1.13 bits per heavy atom. The fourth-order valence-electron chi connectivity index (χ4n) is 2.03. The molecule has 0 amide bonds. The van der Waals surface area contributed by atoms with E-state index in [4.69, 9.17) is 4.74 Å². The number of ether oxygens (including phenoxy) is 1. The number of hydrogen-bond acceptors (Lipinski definition) is 2. The molecule has 3 heteroatoms. The third-order valence-corrected chi connectivity index (χ3v) is 5.27. The lowest BCUT2D eigenvalue weighted by Crippen LogP contribution is -2.47. The average molecular weight is 220 g/mol. The quantitative estimate of drug-likeness (QED) is 0.566. The highest BCUT2D eigenvalue weighted by molar-refractivity contribution is 6.81. The molecule has 0 radical (unpaired) electrons. The molecule has 1 heterocycles. The number of cyclic esters (lactones) is 1. The van der Waals surface area contributed by atoms with Crippen molar-refractivity contribution in [3.63, 3.8) is 0 Å². The van der Waals surface area contributed by atoms with Crippen molar-refractivity contribution in [3.05, 3.63) is 35.9 Å². The van der Waals surface area contributed by atoms with Gasteiger partial charge in [-0.05, 0) is 5.56 Å². The van der Waals surface area contributed by atoms with Gasteiger partial charge in [-0.25, -0.2) is 0 Å². The number of hydrogen-bond donors (Lipinski definition) is 0. The molecule has 0 aromatic heterocycles. The molecule has 0 spiro atoms. The van der Waals surface area contributed by atoms with E-state index in [9.17, 15) is 4.79 Å². The Hall–Kier alpha value is -1.09. The van der Waals surface area contributed by atoms with E-state index >= 15 is 0 Å². The van der Waals surface area contributed by atoms with Crippen molar-refractivity contribution in [1.82, 2.24) is 0 Å². The summed E-state index contributed by atoms with van der Waals surface area (Å²) in [5, 5.41) is 0. The maximum absolute atomic E-state index is 11.5. The van der Waals surface area contributed by atoms with E-state index in [1.165, 1.54) is 0 Å². The van der Waals surface area contributed by atoms with Crippen LogP contribution >= 0.6 is 0 Å². The fraction of sp³-hybridized carbons (Fsp3) is 0.417. The minimum absolute atomic E-state index is 0.00497. The van der Waals surface area contributed by atoms with Gasteiger partial charge >= 0.3 is 5.97 Å². The Morgan fingerprint density at radius 3 is 2.20 bits per heavy atom. The lowest BCUT2D eigenvalue weighted by Gasteiger charge is -2.42. The maximum Gasteiger partial charge on any atom is 0.310 e. The SMILES string of the molecule is C[Si](C)(C)C1C(=O)OC1c1ccccc1. The van der Waals surface area contributed by atoms with Crippen molar-refractivity contribution in [3.8, 4) is 0 Å². The van der Waals surface area contributed by atoms with E-state index in [1.54, 1.807) is 0 Å². The van der Waals surface area contributed by atoms with Gasteiger partial charge in [-0.1, -0.05) is 50.0 Å². The zero-order valence-corrected chi connectivity index (χ0v) is 10.4. The van der Waals surface area contributed by atoms with Crippen molar-refractivity contribution in [2.45, 2.75) is 31.3 Å². The molecule has 2 atom stereocenters. The second kappa shape index (κ2) is 3.49. The van der Waals surface area contributed by atoms with Crippen molar-refractivity contribution in [2.24, 2.45) is 0 Å². The van der Waals surface area contributed by atoms with Gasteiger partial charge in [0.2, 0.25) is 0 Å². The topological polar surface area (TPSA) is 26.3 Å². The Bertz CT molecular complexity index is 367.